The van der Waals surface area contributed by atoms with E-state index in [4.69, 9.17) is 0 Å². The molecule has 0 radical (unpaired) electrons. The number of hydrogen-bond acceptors (Lipinski definition) is 2. The Kier molecular flexibility index (Phi) is 3.02. The van der Waals surface area contributed by atoms with Gasteiger partial charge in [0.2, 0.25) is 0 Å². The molecule has 2 heterocycles. The van der Waals surface area contributed by atoms with Crippen LogP contribution in [-0.4, -0.2) is 15.8 Å². The van der Waals surface area contributed by atoms with Gasteiger partial charge in [0, 0.05) is 35.8 Å². The molecule has 0 fully saturated rings. The fourth-order valence-corrected chi connectivity index (χ4v) is 2.12. The van der Waals surface area contributed by atoms with Gasteiger partial charge in [0.1, 0.15) is 17.3 Å². The molecule has 100 valence electrons. The van der Waals surface area contributed by atoms with E-state index in [0.29, 0.717) is 16.6 Å². The van der Waals surface area contributed by atoms with Gasteiger partial charge in [-0.1, -0.05) is 6.07 Å². The number of nitrogens with one attached hydrogen (secondary N) is 1. The summed E-state index contributed by atoms with van der Waals surface area (Å²) in [7, 11) is 0. The quantitative estimate of drug-likeness (QED) is 0.744. The Morgan fingerprint density at radius 1 is 1.25 bits per heavy atom. The summed E-state index contributed by atoms with van der Waals surface area (Å²) in [6.45, 7) is 0. The summed E-state index contributed by atoms with van der Waals surface area (Å²) >= 11 is 0. The van der Waals surface area contributed by atoms with Crippen LogP contribution in [0, 0.1) is 11.6 Å². The Bertz CT molecular complexity index is 795. The summed E-state index contributed by atoms with van der Waals surface area (Å²) < 4.78 is 26.4. The summed E-state index contributed by atoms with van der Waals surface area (Å²) in [5.41, 5.74) is 1.24. The fourth-order valence-electron chi connectivity index (χ4n) is 2.12. The van der Waals surface area contributed by atoms with E-state index in [1.165, 1.54) is 6.07 Å². The highest BCUT2D eigenvalue weighted by Crippen LogP contribution is 2.19. The van der Waals surface area contributed by atoms with E-state index in [1.807, 2.05) is 0 Å². The SMILES string of the molecule is O=C(Cc1ccc(F)cc1F)c1c[nH]c2ncccc12. The van der Waals surface area contributed by atoms with Crippen LogP contribution in [0.15, 0.2) is 42.7 Å². The first-order valence-corrected chi connectivity index (χ1v) is 6.04. The first-order chi connectivity index (χ1) is 9.65. The van der Waals surface area contributed by atoms with Gasteiger partial charge < -0.3 is 4.98 Å². The molecule has 3 nitrogen and oxygen atoms in total. The number of aromatic nitrogens is 2. The molecule has 0 aliphatic carbocycles. The molecule has 0 atom stereocenters. The van der Waals surface area contributed by atoms with Gasteiger partial charge in [0.25, 0.3) is 0 Å². The monoisotopic (exact) mass is 272 g/mol. The Labute approximate surface area is 113 Å². The van der Waals surface area contributed by atoms with E-state index in [1.54, 1.807) is 24.5 Å². The molecule has 0 bridgehead atoms. The van der Waals surface area contributed by atoms with Crippen molar-refractivity contribution in [3.63, 3.8) is 0 Å². The van der Waals surface area contributed by atoms with E-state index >= 15 is 0 Å². The first-order valence-electron chi connectivity index (χ1n) is 6.04. The Balaban J connectivity index is 1.93. The minimum absolute atomic E-state index is 0.117. The molecule has 0 aliphatic heterocycles. The predicted octanol–water partition coefficient (Wildman–Crippen LogP) is 3.27. The molecule has 0 spiro atoms. The summed E-state index contributed by atoms with van der Waals surface area (Å²) in [5, 5.41) is 0.694. The smallest absolute Gasteiger partial charge is 0.169 e. The van der Waals surface area contributed by atoms with Crippen molar-refractivity contribution in [3.8, 4) is 0 Å². The van der Waals surface area contributed by atoms with Crippen LogP contribution in [-0.2, 0) is 6.42 Å². The number of pyridine rings is 1. The molecule has 2 aromatic heterocycles. The molecule has 0 saturated heterocycles. The number of halogens is 2. The molecule has 0 aliphatic rings. The topological polar surface area (TPSA) is 45.8 Å². The highest BCUT2D eigenvalue weighted by Gasteiger charge is 2.15. The van der Waals surface area contributed by atoms with Crippen molar-refractivity contribution in [1.82, 2.24) is 9.97 Å². The number of ketones is 1. The van der Waals surface area contributed by atoms with Gasteiger partial charge in [-0.05, 0) is 23.8 Å². The number of hydrogen-bond donors (Lipinski definition) is 1. The molecule has 0 amide bonds. The Morgan fingerprint density at radius 2 is 2.10 bits per heavy atom. The standard InChI is InChI=1S/C15H10F2N2O/c16-10-4-3-9(13(17)7-10)6-14(20)12-8-19-15-11(12)2-1-5-18-15/h1-5,7-8H,6H2,(H,18,19). The lowest BCUT2D eigenvalue weighted by Crippen LogP contribution is -2.05. The number of H-pyrrole nitrogens is 1. The van der Waals surface area contributed by atoms with Gasteiger partial charge in [-0.15, -0.1) is 0 Å². The van der Waals surface area contributed by atoms with Gasteiger partial charge in [-0.2, -0.15) is 0 Å². The van der Waals surface area contributed by atoms with Crippen molar-refractivity contribution >= 4 is 16.8 Å². The van der Waals surface area contributed by atoms with Gasteiger partial charge in [-0.3, -0.25) is 4.79 Å². The summed E-state index contributed by atoms with van der Waals surface area (Å²) in [4.78, 5) is 19.2. The minimum Gasteiger partial charge on any atom is -0.345 e. The highest BCUT2D eigenvalue weighted by molar-refractivity contribution is 6.07. The van der Waals surface area contributed by atoms with Crippen molar-refractivity contribution in [3.05, 3.63) is 65.5 Å². The van der Waals surface area contributed by atoms with Gasteiger partial charge in [0.15, 0.2) is 5.78 Å². The zero-order valence-electron chi connectivity index (χ0n) is 10.4. The van der Waals surface area contributed by atoms with Crippen LogP contribution in [0.3, 0.4) is 0 Å². The number of Topliss-reactive ketones (excluding diaryl/α,β-unsaturated/α-hetero) is 1. The van der Waals surface area contributed by atoms with Crippen LogP contribution in [0.1, 0.15) is 15.9 Å². The van der Waals surface area contributed by atoms with Crippen molar-refractivity contribution < 1.29 is 13.6 Å². The average molecular weight is 272 g/mol. The van der Waals surface area contributed by atoms with E-state index < -0.39 is 11.6 Å². The van der Waals surface area contributed by atoms with Gasteiger partial charge in [0.05, 0.1) is 0 Å². The lowest BCUT2D eigenvalue weighted by molar-refractivity contribution is 0.0993. The van der Waals surface area contributed by atoms with E-state index in [-0.39, 0.29) is 17.8 Å². The predicted molar refractivity (Wildman–Crippen MR) is 70.5 cm³/mol. The maximum absolute atomic E-state index is 13.6. The molecule has 1 aromatic carbocycles. The number of fused-ring (bicyclic) bond motifs is 1. The Hall–Kier alpha value is -2.56. The Morgan fingerprint density at radius 3 is 2.90 bits per heavy atom. The molecule has 3 rings (SSSR count). The third-order valence-electron chi connectivity index (χ3n) is 3.12. The van der Waals surface area contributed by atoms with Crippen LogP contribution < -0.4 is 0 Å². The zero-order chi connectivity index (χ0) is 14.1. The number of rotatable bonds is 3. The zero-order valence-corrected chi connectivity index (χ0v) is 10.4. The maximum atomic E-state index is 13.6. The second kappa shape index (κ2) is 4.85. The fraction of sp³-hybridized carbons (Fsp3) is 0.0667. The summed E-state index contributed by atoms with van der Waals surface area (Å²) in [6.07, 6.45) is 3.06. The van der Waals surface area contributed by atoms with Crippen molar-refractivity contribution in [2.45, 2.75) is 6.42 Å². The molecule has 3 aromatic rings. The van der Waals surface area contributed by atoms with E-state index in [2.05, 4.69) is 9.97 Å². The number of aromatic amines is 1. The van der Waals surface area contributed by atoms with Crippen LogP contribution in [0.5, 0.6) is 0 Å². The van der Waals surface area contributed by atoms with E-state index in [9.17, 15) is 13.6 Å². The molecule has 5 heteroatoms. The first kappa shape index (κ1) is 12.5. The second-order valence-corrected chi connectivity index (χ2v) is 4.44. The summed E-state index contributed by atoms with van der Waals surface area (Å²) in [6, 6.07) is 6.70. The van der Waals surface area contributed by atoms with Crippen molar-refractivity contribution in [2.24, 2.45) is 0 Å². The number of benzene rings is 1. The number of nitrogens with zero attached hydrogens (tertiary/aromatic N) is 1. The number of carbonyl (C=O) groups is 1. The van der Waals surface area contributed by atoms with Crippen LogP contribution in [0.25, 0.3) is 11.0 Å². The lowest BCUT2D eigenvalue weighted by atomic mass is 10.0. The van der Waals surface area contributed by atoms with E-state index in [0.717, 1.165) is 12.1 Å². The molecular weight excluding hydrogens is 262 g/mol. The maximum Gasteiger partial charge on any atom is 0.169 e. The molecule has 0 unspecified atom stereocenters. The third-order valence-corrected chi connectivity index (χ3v) is 3.12. The number of carbonyl (C=O) groups excluding carboxylic acids is 1. The largest absolute Gasteiger partial charge is 0.345 e. The third kappa shape index (κ3) is 2.18. The van der Waals surface area contributed by atoms with Gasteiger partial charge >= 0.3 is 0 Å². The second-order valence-electron chi connectivity index (χ2n) is 4.44. The van der Waals surface area contributed by atoms with Crippen LogP contribution >= 0.6 is 0 Å². The summed E-state index contributed by atoms with van der Waals surface area (Å²) in [5.74, 6) is -1.61. The minimum atomic E-state index is -0.712. The van der Waals surface area contributed by atoms with Gasteiger partial charge in [-0.25, -0.2) is 13.8 Å². The lowest BCUT2D eigenvalue weighted by Gasteiger charge is -2.02. The van der Waals surface area contributed by atoms with Crippen molar-refractivity contribution in [2.75, 3.05) is 0 Å². The van der Waals surface area contributed by atoms with Crippen LogP contribution in [0.4, 0.5) is 8.78 Å². The molecular formula is C15H10F2N2O. The molecule has 20 heavy (non-hydrogen) atoms. The average Bonchev–Trinajstić information content (AvgIpc) is 2.86. The molecule has 0 saturated carbocycles. The van der Waals surface area contributed by atoms with Crippen LogP contribution in [0.2, 0.25) is 0 Å². The highest BCUT2D eigenvalue weighted by atomic mass is 19.1. The van der Waals surface area contributed by atoms with Crippen molar-refractivity contribution in [1.29, 1.82) is 0 Å². The molecule has 1 N–H and O–H groups in total. The normalized spacial score (nSPS) is 10.9.